The molecule has 0 aromatic heterocycles. The molecule has 0 bridgehead atoms. The number of nitrogens with zero attached hydrogens (tertiary/aromatic N) is 1. The Morgan fingerprint density at radius 2 is 1.76 bits per heavy atom. The molecular formula is C18H12BrCl2F2NO. The van der Waals surface area contributed by atoms with Gasteiger partial charge in [0.2, 0.25) is 5.91 Å². The van der Waals surface area contributed by atoms with Crippen LogP contribution in [-0.2, 0) is 4.79 Å². The third-order valence-electron chi connectivity index (χ3n) is 3.90. The highest BCUT2D eigenvalue weighted by molar-refractivity contribution is 9.10. The van der Waals surface area contributed by atoms with E-state index in [1.807, 2.05) is 0 Å². The third kappa shape index (κ3) is 4.05. The van der Waals surface area contributed by atoms with Crippen LogP contribution < -0.4 is 4.90 Å². The second-order valence-electron chi connectivity index (χ2n) is 5.67. The maximum Gasteiger partial charge on any atom is 0.227 e. The van der Waals surface area contributed by atoms with Gasteiger partial charge < -0.3 is 4.90 Å². The average molecular weight is 447 g/mol. The first-order valence-corrected chi connectivity index (χ1v) is 8.99. The van der Waals surface area contributed by atoms with Crippen LogP contribution in [-0.4, -0.2) is 12.5 Å². The fraction of sp³-hybridized carbons (Fsp3) is 0.167. The Kier molecular flexibility index (Phi) is 5.46. The van der Waals surface area contributed by atoms with E-state index in [0.29, 0.717) is 26.6 Å². The minimum Gasteiger partial charge on any atom is -0.305 e. The summed E-state index contributed by atoms with van der Waals surface area (Å²) < 4.78 is 27.6. The number of amides is 1. The van der Waals surface area contributed by atoms with E-state index in [9.17, 15) is 13.6 Å². The van der Waals surface area contributed by atoms with Gasteiger partial charge in [-0.1, -0.05) is 45.2 Å². The van der Waals surface area contributed by atoms with Crippen LogP contribution >= 0.6 is 39.1 Å². The fourth-order valence-corrected chi connectivity index (χ4v) is 4.14. The van der Waals surface area contributed by atoms with E-state index in [4.69, 9.17) is 23.2 Å². The minimum absolute atomic E-state index is 0.108. The van der Waals surface area contributed by atoms with Gasteiger partial charge in [0, 0.05) is 29.1 Å². The number of halogens is 5. The summed E-state index contributed by atoms with van der Waals surface area (Å²) >= 11 is 15.8. The van der Waals surface area contributed by atoms with Gasteiger partial charge in [-0.05, 0) is 36.3 Å². The molecule has 1 saturated heterocycles. The highest BCUT2D eigenvalue weighted by Gasteiger charge is 2.26. The van der Waals surface area contributed by atoms with E-state index in [2.05, 4.69) is 15.9 Å². The lowest BCUT2D eigenvalue weighted by atomic mass is 10.0. The number of hydrogen-bond acceptors (Lipinski definition) is 1. The second kappa shape index (κ2) is 7.44. The van der Waals surface area contributed by atoms with Crippen molar-refractivity contribution >= 4 is 56.8 Å². The van der Waals surface area contributed by atoms with Crippen molar-refractivity contribution < 1.29 is 13.6 Å². The quantitative estimate of drug-likeness (QED) is 0.534. The molecule has 2 aromatic carbocycles. The summed E-state index contributed by atoms with van der Waals surface area (Å²) in [6.07, 6.45) is 2.39. The first-order chi connectivity index (χ1) is 11.8. The van der Waals surface area contributed by atoms with Gasteiger partial charge in [0.15, 0.2) is 0 Å². The van der Waals surface area contributed by atoms with Gasteiger partial charge in [0.25, 0.3) is 0 Å². The van der Waals surface area contributed by atoms with E-state index >= 15 is 0 Å². The van der Waals surface area contributed by atoms with E-state index < -0.39 is 11.6 Å². The molecule has 25 heavy (non-hydrogen) atoms. The number of carbonyl (C=O) groups is 1. The van der Waals surface area contributed by atoms with Gasteiger partial charge in [-0.3, -0.25) is 4.79 Å². The molecule has 0 aliphatic carbocycles. The molecule has 3 rings (SSSR count). The van der Waals surface area contributed by atoms with Crippen LogP contribution in [0.15, 0.2) is 40.4 Å². The molecule has 130 valence electrons. The lowest BCUT2D eigenvalue weighted by Crippen LogP contribution is -2.37. The van der Waals surface area contributed by atoms with Crippen molar-refractivity contribution in [3.8, 4) is 0 Å². The Balaban J connectivity index is 1.95. The third-order valence-corrected chi connectivity index (χ3v) is 4.93. The van der Waals surface area contributed by atoms with Crippen LogP contribution in [0.2, 0.25) is 10.0 Å². The summed E-state index contributed by atoms with van der Waals surface area (Å²) in [6.45, 7) is 0.247. The molecule has 0 spiro atoms. The number of hydrogen-bond donors (Lipinski definition) is 0. The molecule has 1 amide bonds. The van der Waals surface area contributed by atoms with Crippen LogP contribution in [0.3, 0.4) is 0 Å². The van der Waals surface area contributed by atoms with Crippen molar-refractivity contribution in [3.05, 3.63) is 67.6 Å². The Morgan fingerprint density at radius 1 is 1.08 bits per heavy atom. The number of carbonyl (C=O) groups excluding carboxylic acids is 1. The molecule has 0 N–H and O–H groups in total. The highest BCUT2D eigenvalue weighted by Crippen LogP contribution is 2.39. The summed E-state index contributed by atoms with van der Waals surface area (Å²) in [4.78, 5) is 13.8. The standard InChI is InChI=1S/C18H12BrCl2F2NO/c19-12-6-14(20)18(15(21)7-12)24-9-10(1-4-17(24)25)5-11-2-3-13(22)8-16(11)23/h2-3,5-8H,1,4,9H2/b10-5+. The summed E-state index contributed by atoms with van der Waals surface area (Å²) in [7, 11) is 0. The molecule has 2 nitrogen and oxygen atoms in total. The zero-order valence-electron chi connectivity index (χ0n) is 12.8. The normalized spacial score (nSPS) is 16.6. The molecule has 1 aliphatic heterocycles. The van der Waals surface area contributed by atoms with Crippen molar-refractivity contribution in [1.29, 1.82) is 0 Å². The Hall–Kier alpha value is -1.43. The summed E-state index contributed by atoms with van der Waals surface area (Å²) in [6, 6.07) is 6.73. The van der Waals surface area contributed by atoms with Crippen molar-refractivity contribution in [2.45, 2.75) is 12.8 Å². The number of piperidine rings is 1. The molecule has 2 aromatic rings. The summed E-state index contributed by atoms with van der Waals surface area (Å²) in [5, 5.41) is 0.698. The van der Waals surface area contributed by atoms with Gasteiger partial charge in [-0.2, -0.15) is 0 Å². The van der Waals surface area contributed by atoms with E-state index in [-0.39, 0.29) is 24.4 Å². The lowest BCUT2D eigenvalue weighted by molar-refractivity contribution is -0.119. The first-order valence-electron chi connectivity index (χ1n) is 7.44. The molecule has 1 aliphatic rings. The maximum absolute atomic E-state index is 13.9. The Bertz CT molecular complexity index is 862. The van der Waals surface area contributed by atoms with Crippen molar-refractivity contribution in [3.63, 3.8) is 0 Å². The topological polar surface area (TPSA) is 20.3 Å². The number of rotatable bonds is 2. The van der Waals surface area contributed by atoms with Crippen LogP contribution in [0.4, 0.5) is 14.5 Å². The van der Waals surface area contributed by atoms with Gasteiger partial charge >= 0.3 is 0 Å². The van der Waals surface area contributed by atoms with E-state index in [1.54, 1.807) is 18.2 Å². The molecule has 0 atom stereocenters. The van der Waals surface area contributed by atoms with Crippen molar-refractivity contribution in [1.82, 2.24) is 0 Å². The zero-order valence-corrected chi connectivity index (χ0v) is 15.9. The predicted octanol–water partition coefficient (Wildman–Crippen LogP) is 6.24. The molecule has 7 heteroatoms. The minimum atomic E-state index is -0.643. The van der Waals surface area contributed by atoms with Gasteiger partial charge in [-0.25, -0.2) is 8.78 Å². The van der Waals surface area contributed by atoms with Crippen LogP contribution in [0, 0.1) is 11.6 Å². The molecule has 1 fully saturated rings. The maximum atomic E-state index is 13.9. The largest absolute Gasteiger partial charge is 0.305 e. The average Bonchev–Trinajstić information content (AvgIpc) is 2.52. The monoisotopic (exact) mass is 445 g/mol. The SMILES string of the molecule is O=C1CC/C(=C\c2ccc(F)cc2F)CN1c1c(Cl)cc(Br)cc1Cl. The van der Waals surface area contributed by atoms with Crippen molar-refractivity contribution in [2.75, 3.05) is 11.4 Å². The van der Waals surface area contributed by atoms with Gasteiger partial charge in [-0.15, -0.1) is 0 Å². The van der Waals surface area contributed by atoms with Gasteiger partial charge in [0.05, 0.1) is 15.7 Å². The smallest absolute Gasteiger partial charge is 0.227 e. The molecule has 0 saturated carbocycles. The Morgan fingerprint density at radius 3 is 2.40 bits per heavy atom. The first kappa shape index (κ1) is 18.4. The van der Waals surface area contributed by atoms with Crippen LogP contribution in [0.5, 0.6) is 0 Å². The molecule has 0 unspecified atom stereocenters. The molecular weight excluding hydrogens is 435 g/mol. The fourth-order valence-electron chi connectivity index (χ4n) is 2.73. The van der Waals surface area contributed by atoms with Crippen LogP contribution in [0.25, 0.3) is 6.08 Å². The summed E-state index contributed by atoms with van der Waals surface area (Å²) in [5.41, 5.74) is 1.54. The van der Waals surface area contributed by atoms with Crippen LogP contribution in [0.1, 0.15) is 18.4 Å². The number of benzene rings is 2. The predicted molar refractivity (Wildman–Crippen MR) is 100 cm³/mol. The molecule has 1 heterocycles. The number of anilines is 1. The lowest BCUT2D eigenvalue weighted by Gasteiger charge is -2.30. The molecule has 0 radical (unpaired) electrons. The zero-order chi connectivity index (χ0) is 18.1. The highest BCUT2D eigenvalue weighted by atomic mass is 79.9. The van der Waals surface area contributed by atoms with E-state index in [1.165, 1.54) is 17.0 Å². The van der Waals surface area contributed by atoms with E-state index in [0.717, 1.165) is 11.6 Å². The van der Waals surface area contributed by atoms with Gasteiger partial charge in [0.1, 0.15) is 11.6 Å². The van der Waals surface area contributed by atoms with Crippen molar-refractivity contribution in [2.24, 2.45) is 0 Å². The summed E-state index contributed by atoms with van der Waals surface area (Å²) in [5.74, 6) is -1.38. The second-order valence-corrected chi connectivity index (χ2v) is 7.40. The Labute approximate surface area is 162 Å².